The molecule has 0 N–H and O–H groups in total. The molecule has 0 saturated carbocycles. The van der Waals surface area contributed by atoms with Crippen LogP contribution in [0.15, 0.2) is 27.1 Å². The van der Waals surface area contributed by atoms with E-state index in [1.807, 2.05) is 25.1 Å². The maximum atomic E-state index is 10.6. The molecule has 0 amide bonds. The number of carbonyl (C=O) groups excluding carboxylic acids is 1. The van der Waals surface area contributed by atoms with E-state index in [-0.39, 0.29) is 5.92 Å². The van der Waals surface area contributed by atoms with Gasteiger partial charge >= 0.3 is 0 Å². The van der Waals surface area contributed by atoms with Gasteiger partial charge in [0.15, 0.2) is 0 Å². The fourth-order valence-electron chi connectivity index (χ4n) is 1.01. The third-order valence-corrected chi connectivity index (χ3v) is 3.04. The summed E-state index contributed by atoms with van der Waals surface area (Å²) in [4.78, 5) is 10.6. The van der Waals surface area contributed by atoms with Crippen molar-refractivity contribution in [3.05, 3.63) is 32.7 Å². The number of aldehydes is 1. The van der Waals surface area contributed by atoms with Gasteiger partial charge in [-0.2, -0.15) is 0 Å². The summed E-state index contributed by atoms with van der Waals surface area (Å²) < 4.78 is 1.94. The zero-order chi connectivity index (χ0) is 9.14. The van der Waals surface area contributed by atoms with E-state index in [0.29, 0.717) is 0 Å². The van der Waals surface area contributed by atoms with Crippen LogP contribution in [0.5, 0.6) is 0 Å². The lowest BCUT2D eigenvalue weighted by atomic mass is 10.0. The quantitative estimate of drug-likeness (QED) is 0.762. The molecule has 0 radical (unpaired) electrons. The van der Waals surface area contributed by atoms with Gasteiger partial charge in [-0.05, 0) is 17.7 Å². The van der Waals surface area contributed by atoms with Crippen molar-refractivity contribution in [2.45, 2.75) is 12.8 Å². The molecule has 1 aromatic carbocycles. The Morgan fingerprint density at radius 2 is 1.83 bits per heavy atom. The summed E-state index contributed by atoms with van der Waals surface area (Å²) in [6.45, 7) is 1.87. The molecule has 0 saturated heterocycles. The monoisotopic (exact) mass is 290 g/mol. The van der Waals surface area contributed by atoms with Crippen molar-refractivity contribution in [1.29, 1.82) is 0 Å². The van der Waals surface area contributed by atoms with Gasteiger partial charge in [0.2, 0.25) is 0 Å². The van der Waals surface area contributed by atoms with Crippen molar-refractivity contribution in [3.63, 3.8) is 0 Å². The number of benzene rings is 1. The Morgan fingerprint density at radius 1 is 1.33 bits per heavy atom. The molecule has 64 valence electrons. The van der Waals surface area contributed by atoms with Gasteiger partial charge in [-0.15, -0.1) is 0 Å². The molecule has 0 spiro atoms. The Labute approximate surface area is 88.4 Å². The van der Waals surface area contributed by atoms with Gasteiger partial charge in [0, 0.05) is 14.9 Å². The van der Waals surface area contributed by atoms with Crippen LogP contribution in [0.3, 0.4) is 0 Å². The van der Waals surface area contributed by atoms with Crippen LogP contribution in [0.2, 0.25) is 0 Å². The SMILES string of the molecule is CC(C=O)c1c(Br)cccc1Br. The van der Waals surface area contributed by atoms with Crippen LogP contribution >= 0.6 is 31.9 Å². The molecule has 0 aliphatic carbocycles. The van der Waals surface area contributed by atoms with Gasteiger partial charge in [0.25, 0.3) is 0 Å². The van der Waals surface area contributed by atoms with E-state index in [1.54, 1.807) is 0 Å². The predicted molar refractivity (Wildman–Crippen MR) is 56.3 cm³/mol. The first-order valence-corrected chi connectivity index (χ1v) is 5.14. The van der Waals surface area contributed by atoms with Crippen molar-refractivity contribution in [3.8, 4) is 0 Å². The minimum absolute atomic E-state index is 0.0741. The van der Waals surface area contributed by atoms with Gasteiger partial charge in [0.05, 0.1) is 0 Å². The molecular formula is C9H8Br2O. The first-order valence-electron chi connectivity index (χ1n) is 3.56. The molecule has 0 fully saturated rings. The highest BCUT2D eigenvalue weighted by molar-refractivity contribution is 9.11. The van der Waals surface area contributed by atoms with Gasteiger partial charge in [-0.3, -0.25) is 0 Å². The third kappa shape index (κ3) is 1.96. The summed E-state index contributed by atoms with van der Waals surface area (Å²) in [6, 6.07) is 5.79. The lowest BCUT2D eigenvalue weighted by Crippen LogP contribution is -1.96. The molecule has 0 aliphatic rings. The zero-order valence-corrected chi connectivity index (χ0v) is 9.72. The number of carbonyl (C=O) groups is 1. The summed E-state index contributed by atoms with van der Waals surface area (Å²) in [5, 5.41) is 0. The summed E-state index contributed by atoms with van der Waals surface area (Å²) in [5.74, 6) is -0.0741. The lowest BCUT2D eigenvalue weighted by Gasteiger charge is -2.08. The standard InChI is InChI=1S/C9H8Br2O/c1-6(5-12)9-7(10)3-2-4-8(9)11/h2-6H,1H3. The Kier molecular flexibility index (Phi) is 3.47. The highest BCUT2D eigenvalue weighted by Crippen LogP contribution is 2.30. The fraction of sp³-hybridized carbons (Fsp3) is 0.222. The van der Waals surface area contributed by atoms with Crippen LogP contribution in [-0.2, 0) is 4.79 Å². The fourth-order valence-corrected chi connectivity index (χ4v) is 2.73. The van der Waals surface area contributed by atoms with Crippen LogP contribution in [0.4, 0.5) is 0 Å². The second-order valence-electron chi connectivity index (χ2n) is 2.56. The van der Waals surface area contributed by atoms with Crippen LogP contribution in [0, 0.1) is 0 Å². The summed E-state index contributed by atoms with van der Waals surface area (Å²) in [5.41, 5.74) is 1.01. The Bertz CT molecular complexity index is 276. The summed E-state index contributed by atoms with van der Waals surface area (Å²) in [7, 11) is 0. The minimum Gasteiger partial charge on any atom is -0.303 e. The normalized spacial score (nSPS) is 12.6. The van der Waals surface area contributed by atoms with Crippen LogP contribution in [0.1, 0.15) is 18.4 Å². The van der Waals surface area contributed by atoms with E-state index in [1.165, 1.54) is 0 Å². The molecule has 3 heteroatoms. The third-order valence-electron chi connectivity index (χ3n) is 1.66. The van der Waals surface area contributed by atoms with Gasteiger partial charge in [-0.1, -0.05) is 44.8 Å². The zero-order valence-electron chi connectivity index (χ0n) is 6.55. The smallest absolute Gasteiger partial charge is 0.127 e. The van der Waals surface area contributed by atoms with E-state index >= 15 is 0 Å². The maximum Gasteiger partial charge on any atom is 0.127 e. The first kappa shape index (κ1) is 9.93. The molecule has 1 unspecified atom stereocenters. The predicted octanol–water partition coefficient (Wildman–Crippen LogP) is 3.51. The number of hydrogen-bond acceptors (Lipinski definition) is 1. The van der Waals surface area contributed by atoms with Gasteiger partial charge in [0.1, 0.15) is 6.29 Å². The Morgan fingerprint density at radius 3 is 2.25 bits per heavy atom. The second-order valence-corrected chi connectivity index (χ2v) is 4.27. The number of hydrogen-bond donors (Lipinski definition) is 0. The second kappa shape index (κ2) is 4.19. The van der Waals surface area contributed by atoms with Gasteiger partial charge < -0.3 is 4.79 Å². The molecule has 1 aromatic rings. The Balaban J connectivity index is 3.20. The van der Waals surface area contributed by atoms with Crippen molar-refractivity contribution >= 4 is 38.1 Å². The highest BCUT2D eigenvalue weighted by atomic mass is 79.9. The largest absolute Gasteiger partial charge is 0.303 e. The van der Waals surface area contributed by atoms with E-state index in [0.717, 1.165) is 20.8 Å². The maximum absolute atomic E-state index is 10.6. The summed E-state index contributed by atoms with van der Waals surface area (Å²) >= 11 is 6.80. The van der Waals surface area contributed by atoms with Crippen molar-refractivity contribution in [1.82, 2.24) is 0 Å². The average molecular weight is 292 g/mol. The Hall–Kier alpha value is -0.150. The first-order chi connectivity index (χ1) is 5.66. The highest BCUT2D eigenvalue weighted by Gasteiger charge is 2.10. The summed E-state index contributed by atoms with van der Waals surface area (Å²) in [6.07, 6.45) is 0.935. The lowest BCUT2D eigenvalue weighted by molar-refractivity contribution is -0.108. The van der Waals surface area contributed by atoms with E-state index in [4.69, 9.17) is 0 Å². The number of halogens is 2. The molecule has 1 atom stereocenters. The number of rotatable bonds is 2. The molecule has 0 heterocycles. The molecule has 0 bridgehead atoms. The van der Waals surface area contributed by atoms with Crippen LogP contribution in [0.25, 0.3) is 0 Å². The van der Waals surface area contributed by atoms with Crippen molar-refractivity contribution in [2.75, 3.05) is 0 Å². The average Bonchev–Trinajstić information content (AvgIpc) is 2.03. The molecule has 0 aromatic heterocycles. The molecule has 1 rings (SSSR count). The van der Waals surface area contributed by atoms with Gasteiger partial charge in [-0.25, -0.2) is 0 Å². The molecular weight excluding hydrogens is 284 g/mol. The topological polar surface area (TPSA) is 17.1 Å². The van der Waals surface area contributed by atoms with Crippen LogP contribution in [-0.4, -0.2) is 6.29 Å². The van der Waals surface area contributed by atoms with E-state index in [2.05, 4.69) is 31.9 Å². The molecule has 0 aliphatic heterocycles. The molecule has 1 nitrogen and oxygen atoms in total. The van der Waals surface area contributed by atoms with Crippen molar-refractivity contribution in [2.24, 2.45) is 0 Å². The minimum atomic E-state index is -0.0741. The van der Waals surface area contributed by atoms with Crippen molar-refractivity contribution < 1.29 is 4.79 Å². The van der Waals surface area contributed by atoms with Crippen LogP contribution < -0.4 is 0 Å². The van der Waals surface area contributed by atoms with E-state index in [9.17, 15) is 4.79 Å². The van der Waals surface area contributed by atoms with E-state index < -0.39 is 0 Å². The molecule has 12 heavy (non-hydrogen) atoms.